The molecule has 244 valence electrons. The van der Waals surface area contributed by atoms with E-state index < -0.39 is 0 Å². The van der Waals surface area contributed by atoms with E-state index in [1.165, 1.54) is 65.9 Å². The lowest BCUT2D eigenvalue weighted by Gasteiger charge is -2.13. The highest BCUT2D eigenvalue weighted by atomic mass is 16.3. The van der Waals surface area contributed by atoms with Crippen LogP contribution in [0.5, 0.6) is 0 Å². The second kappa shape index (κ2) is 10.3. The van der Waals surface area contributed by atoms with Crippen molar-refractivity contribution in [3.63, 3.8) is 0 Å². The molecule has 0 bridgehead atoms. The molecule has 0 saturated carbocycles. The molecule has 5 nitrogen and oxygen atoms in total. The van der Waals surface area contributed by atoms with Crippen molar-refractivity contribution >= 4 is 88.2 Å². The zero-order valence-corrected chi connectivity index (χ0v) is 28.0. The van der Waals surface area contributed by atoms with Gasteiger partial charge in [-0.1, -0.05) is 91.0 Å². The number of hydrogen-bond donors (Lipinski definition) is 1. The van der Waals surface area contributed by atoms with Crippen molar-refractivity contribution < 1.29 is 4.42 Å². The van der Waals surface area contributed by atoms with Crippen LogP contribution in [0.2, 0.25) is 0 Å². The van der Waals surface area contributed by atoms with Crippen LogP contribution >= 0.6 is 0 Å². The largest absolute Gasteiger partial charge is 0.456 e. The van der Waals surface area contributed by atoms with Gasteiger partial charge in [-0.15, -0.1) is 0 Å². The molecule has 0 unspecified atom stereocenters. The lowest BCUT2D eigenvalue weighted by atomic mass is 10.1. The molecular formula is C47H30N4O. The third-order valence-electron chi connectivity index (χ3n) is 11.0. The van der Waals surface area contributed by atoms with Crippen molar-refractivity contribution in [1.82, 2.24) is 13.7 Å². The van der Waals surface area contributed by atoms with Crippen LogP contribution in [0.15, 0.2) is 162 Å². The Hall–Kier alpha value is -6.98. The number of furan rings is 1. The summed E-state index contributed by atoms with van der Waals surface area (Å²) < 4.78 is 13.6. The normalized spacial score (nSPS) is 13.0. The molecule has 1 aliphatic rings. The third kappa shape index (κ3) is 3.61. The molecule has 0 spiro atoms. The topological polar surface area (TPSA) is 40.0 Å². The van der Waals surface area contributed by atoms with Crippen LogP contribution in [0, 0.1) is 0 Å². The predicted octanol–water partition coefficient (Wildman–Crippen LogP) is 12.2. The second-order valence-corrected chi connectivity index (χ2v) is 13.7. The van der Waals surface area contributed by atoms with Crippen LogP contribution in [-0.2, 0) is 0 Å². The molecule has 5 heterocycles. The van der Waals surface area contributed by atoms with Crippen molar-refractivity contribution in [3.05, 3.63) is 163 Å². The Morgan fingerprint density at radius 2 is 1.08 bits per heavy atom. The van der Waals surface area contributed by atoms with Crippen molar-refractivity contribution in [3.8, 4) is 17.1 Å². The fourth-order valence-corrected chi connectivity index (χ4v) is 8.93. The highest BCUT2D eigenvalue weighted by molar-refractivity contribution is 6.30. The van der Waals surface area contributed by atoms with E-state index in [2.05, 4.69) is 171 Å². The smallest absolute Gasteiger partial charge is 0.135 e. The number of nitrogens with one attached hydrogen (secondary N) is 1. The molecule has 12 rings (SSSR count). The Balaban J connectivity index is 1.27. The molecule has 4 aromatic heterocycles. The number of aromatic nitrogens is 3. The maximum absolute atomic E-state index is 6.24. The molecule has 11 aromatic rings. The number of anilines is 1. The molecule has 0 aliphatic carbocycles. The molecule has 5 heteroatoms. The quantitative estimate of drug-likeness (QED) is 0.204. The molecule has 0 fully saturated rings. The van der Waals surface area contributed by atoms with Crippen LogP contribution in [-0.4, -0.2) is 20.2 Å². The van der Waals surface area contributed by atoms with E-state index in [0.29, 0.717) is 0 Å². The van der Waals surface area contributed by atoms with E-state index in [1.54, 1.807) is 0 Å². The summed E-state index contributed by atoms with van der Waals surface area (Å²) in [5.74, 6) is 0. The fourth-order valence-electron chi connectivity index (χ4n) is 8.93. The lowest BCUT2D eigenvalue weighted by Crippen LogP contribution is -2.05. The van der Waals surface area contributed by atoms with Crippen molar-refractivity contribution in [1.29, 1.82) is 0 Å². The van der Waals surface area contributed by atoms with Gasteiger partial charge in [-0.25, -0.2) is 0 Å². The maximum Gasteiger partial charge on any atom is 0.135 e. The molecular weight excluding hydrogens is 637 g/mol. The van der Waals surface area contributed by atoms with Gasteiger partial charge in [0.2, 0.25) is 0 Å². The van der Waals surface area contributed by atoms with E-state index in [4.69, 9.17) is 4.42 Å². The van der Waals surface area contributed by atoms with Gasteiger partial charge in [-0.05, 0) is 72.8 Å². The SMILES string of the molecule is C1=Cc2c(c3c(ccc4c5ccc6c(c7ccccc7n6-c6ccc7oc8ccccc8c7c6)c5n(-c5ccccc5)c43)n2-c2ccccc2)NC1. The number of nitrogens with zero attached hydrogens (tertiary/aromatic N) is 3. The summed E-state index contributed by atoms with van der Waals surface area (Å²) in [4.78, 5) is 0. The summed E-state index contributed by atoms with van der Waals surface area (Å²) in [5, 5.41) is 12.2. The van der Waals surface area contributed by atoms with Gasteiger partial charge in [-0.2, -0.15) is 0 Å². The zero-order chi connectivity index (χ0) is 33.9. The first kappa shape index (κ1) is 27.8. The van der Waals surface area contributed by atoms with Gasteiger partial charge in [0, 0.05) is 61.3 Å². The number of rotatable bonds is 3. The monoisotopic (exact) mass is 666 g/mol. The highest BCUT2D eigenvalue weighted by Gasteiger charge is 2.27. The van der Waals surface area contributed by atoms with Crippen molar-refractivity contribution in [2.75, 3.05) is 11.9 Å². The molecule has 1 N–H and O–H groups in total. The van der Waals surface area contributed by atoms with E-state index in [1.807, 2.05) is 12.1 Å². The van der Waals surface area contributed by atoms with Crippen molar-refractivity contribution in [2.24, 2.45) is 0 Å². The van der Waals surface area contributed by atoms with E-state index in [-0.39, 0.29) is 0 Å². The minimum Gasteiger partial charge on any atom is -0.456 e. The Morgan fingerprint density at radius 3 is 1.87 bits per heavy atom. The van der Waals surface area contributed by atoms with Gasteiger partial charge in [0.1, 0.15) is 11.2 Å². The summed E-state index contributed by atoms with van der Waals surface area (Å²) in [5.41, 5.74) is 13.5. The fraction of sp³-hybridized carbons (Fsp3) is 0.0213. The van der Waals surface area contributed by atoms with Gasteiger partial charge < -0.3 is 23.4 Å². The standard InChI is InChI=1S/C47H30N4O/c1-3-12-29(13-4-1)49-39-25-23-34-33-22-24-38-43(46(33)51(30-14-5-2-6-15-30)47(34)44(39)45-40(49)19-11-27-48-45)35-17-7-9-18-37(35)50(38)31-21-26-42-36(28-31)32-16-8-10-20-41(32)52-42/h1-26,28,48H,27H2. The summed E-state index contributed by atoms with van der Waals surface area (Å²) >= 11 is 0. The van der Waals surface area contributed by atoms with E-state index >= 15 is 0 Å². The first-order valence-corrected chi connectivity index (χ1v) is 17.8. The minimum absolute atomic E-state index is 0.789. The number of para-hydroxylation sites is 4. The van der Waals surface area contributed by atoms with Gasteiger partial charge in [0.25, 0.3) is 0 Å². The zero-order valence-electron chi connectivity index (χ0n) is 28.0. The van der Waals surface area contributed by atoms with Crippen LogP contribution in [0.1, 0.15) is 5.69 Å². The summed E-state index contributed by atoms with van der Waals surface area (Å²) in [6.45, 7) is 0.789. The Labute approximate surface area is 297 Å². The van der Waals surface area contributed by atoms with Gasteiger partial charge in [-0.3, -0.25) is 0 Å². The Kier molecular flexibility index (Phi) is 5.50. The summed E-state index contributed by atoms with van der Waals surface area (Å²) in [7, 11) is 0. The molecule has 52 heavy (non-hydrogen) atoms. The van der Waals surface area contributed by atoms with E-state index in [9.17, 15) is 0 Å². The minimum atomic E-state index is 0.789. The average molecular weight is 667 g/mol. The predicted molar refractivity (Wildman–Crippen MR) is 217 cm³/mol. The van der Waals surface area contributed by atoms with Crippen LogP contribution < -0.4 is 5.32 Å². The first-order valence-electron chi connectivity index (χ1n) is 17.8. The van der Waals surface area contributed by atoms with Gasteiger partial charge >= 0.3 is 0 Å². The molecule has 0 amide bonds. The summed E-state index contributed by atoms with van der Waals surface area (Å²) in [6, 6.07) is 54.6. The number of fused-ring (bicyclic) bond motifs is 14. The molecule has 0 radical (unpaired) electrons. The van der Waals surface area contributed by atoms with E-state index in [0.717, 1.165) is 45.5 Å². The average Bonchev–Trinajstić information content (AvgIpc) is 3.94. The molecule has 0 saturated heterocycles. The van der Waals surface area contributed by atoms with Crippen LogP contribution in [0.25, 0.3) is 99.6 Å². The van der Waals surface area contributed by atoms with Crippen LogP contribution in [0.4, 0.5) is 5.69 Å². The second-order valence-electron chi connectivity index (χ2n) is 13.7. The molecule has 0 atom stereocenters. The number of benzene rings is 7. The summed E-state index contributed by atoms with van der Waals surface area (Å²) in [6.07, 6.45) is 4.48. The Bertz CT molecular complexity index is 3280. The van der Waals surface area contributed by atoms with Crippen LogP contribution in [0.3, 0.4) is 0 Å². The maximum atomic E-state index is 6.24. The van der Waals surface area contributed by atoms with Crippen molar-refractivity contribution in [2.45, 2.75) is 0 Å². The van der Waals surface area contributed by atoms with Gasteiger partial charge in [0.05, 0.1) is 39.0 Å². The third-order valence-corrected chi connectivity index (χ3v) is 11.0. The molecule has 1 aliphatic heterocycles. The highest BCUT2D eigenvalue weighted by Crippen LogP contribution is 2.47. The Morgan fingerprint density at radius 1 is 0.442 bits per heavy atom. The van der Waals surface area contributed by atoms with Gasteiger partial charge in [0.15, 0.2) is 0 Å². The number of hydrogen-bond acceptors (Lipinski definition) is 2. The lowest BCUT2D eigenvalue weighted by molar-refractivity contribution is 0.669. The first-order chi connectivity index (χ1) is 25.8. The molecule has 7 aromatic carbocycles.